The van der Waals surface area contributed by atoms with E-state index in [0.29, 0.717) is 31.3 Å². The van der Waals surface area contributed by atoms with E-state index in [2.05, 4.69) is 13.2 Å². The molecule has 0 radical (unpaired) electrons. The van der Waals surface area contributed by atoms with Gasteiger partial charge in [0, 0.05) is 7.11 Å². The zero-order valence-corrected chi connectivity index (χ0v) is 8.45. The summed E-state index contributed by atoms with van der Waals surface area (Å²) >= 11 is 0. The Morgan fingerprint density at radius 2 is 2.00 bits per heavy atom. The molecular formula is C10H16O4. The van der Waals surface area contributed by atoms with Gasteiger partial charge in [-0.15, -0.1) is 0 Å². The molecule has 0 saturated carbocycles. The topological polar surface area (TPSA) is 40.2 Å². The standard InChI is InChI=1S/C10H16O4/c1-8(4-11-3)14-9(2)5-12-6-10-7-13-10/h10H,1-2,4-7H2,3H3. The van der Waals surface area contributed by atoms with Crippen LogP contribution in [-0.4, -0.2) is 39.6 Å². The van der Waals surface area contributed by atoms with Crippen molar-refractivity contribution in [3.8, 4) is 0 Å². The van der Waals surface area contributed by atoms with Crippen LogP contribution in [0, 0.1) is 0 Å². The highest BCUT2D eigenvalue weighted by molar-refractivity contribution is 4.93. The Hall–Kier alpha value is -0.840. The van der Waals surface area contributed by atoms with E-state index in [-0.39, 0.29) is 6.10 Å². The summed E-state index contributed by atoms with van der Waals surface area (Å²) in [6.07, 6.45) is 0.268. The molecule has 0 bridgehead atoms. The quantitative estimate of drug-likeness (QED) is 0.434. The molecule has 1 unspecified atom stereocenters. The van der Waals surface area contributed by atoms with Crippen molar-refractivity contribution in [1.29, 1.82) is 0 Å². The monoisotopic (exact) mass is 200 g/mol. The maximum Gasteiger partial charge on any atom is 0.122 e. The molecule has 1 fully saturated rings. The Labute approximate surface area is 84.1 Å². The van der Waals surface area contributed by atoms with Gasteiger partial charge in [-0.25, -0.2) is 0 Å². The first-order chi connectivity index (χ1) is 6.72. The first kappa shape index (κ1) is 11.2. The summed E-state index contributed by atoms with van der Waals surface area (Å²) in [5.74, 6) is 1.07. The second kappa shape index (κ2) is 5.80. The van der Waals surface area contributed by atoms with Gasteiger partial charge < -0.3 is 18.9 Å². The van der Waals surface area contributed by atoms with Crippen molar-refractivity contribution in [3.05, 3.63) is 24.7 Å². The Bertz CT molecular complexity index is 208. The largest absolute Gasteiger partial charge is 0.462 e. The number of methoxy groups -OCH3 is 1. The van der Waals surface area contributed by atoms with Crippen LogP contribution in [0.2, 0.25) is 0 Å². The summed E-state index contributed by atoms with van der Waals surface area (Å²) in [6, 6.07) is 0. The lowest BCUT2D eigenvalue weighted by Crippen LogP contribution is -2.07. The van der Waals surface area contributed by atoms with E-state index in [1.807, 2.05) is 0 Å². The van der Waals surface area contributed by atoms with Crippen LogP contribution in [0.5, 0.6) is 0 Å². The molecule has 1 rings (SSSR count). The Balaban J connectivity index is 1.99. The van der Waals surface area contributed by atoms with E-state index >= 15 is 0 Å². The van der Waals surface area contributed by atoms with Gasteiger partial charge in [-0.05, 0) is 0 Å². The van der Waals surface area contributed by atoms with Crippen molar-refractivity contribution < 1.29 is 18.9 Å². The highest BCUT2D eigenvalue weighted by Gasteiger charge is 2.22. The van der Waals surface area contributed by atoms with Gasteiger partial charge in [0.15, 0.2) is 0 Å². The number of epoxide rings is 1. The van der Waals surface area contributed by atoms with E-state index in [1.165, 1.54) is 0 Å². The van der Waals surface area contributed by atoms with Crippen molar-refractivity contribution in [1.82, 2.24) is 0 Å². The van der Waals surface area contributed by atoms with Gasteiger partial charge in [-0.3, -0.25) is 0 Å². The van der Waals surface area contributed by atoms with E-state index in [1.54, 1.807) is 7.11 Å². The van der Waals surface area contributed by atoms with Gasteiger partial charge in [0.25, 0.3) is 0 Å². The van der Waals surface area contributed by atoms with Crippen LogP contribution in [0.4, 0.5) is 0 Å². The van der Waals surface area contributed by atoms with Crippen LogP contribution in [0.15, 0.2) is 24.7 Å². The lowest BCUT2D eigenvalue weighted by molar-refractivity contribution is 0.0936. The van der Waals surface area contributed by atoms with E-state index in [9.17, 15) is 0 Å². The number of rotatable bonds is 8. The highest BCUT2D eigenvalue weighted by atomic mass is 16.6. The Morgan fingerprint density at radius 3 is 2.57 bits per heavy atom. The molecule has 0 spiro atoms. The summed E-state index contributed by atoms with van der Waals surface area (Å²) in [4.78, 5) is 0. The second-order valence-electron chi connectivity index (χ2n) is 3.08. The minimum absolute atomic E-state index is 0.268. The molecular weight excluding hydrogens is 184 g/mol. The van der Waals surface area contributed by atoms with E-state index in [4.69, 9.17) is 18.9 Å². The molecule has 1 aliphatic rings. The van der Waals surface area contributed by atoms with E-state index in [0.717, 1.165) is 6.61 Å². The molecule has 1 aliphatic heterocycles. The van der Waals surface area contributed by atoms with Gasteiger partial charge in [0.1, 0.15) is 30.8 Å². The van der Waals surface area contributed by atoms with Crippen molar-refractivity contribution in [2.45, 2.75) is 6.10 Å². The molecule has 0 aliphatic carbocycles. The average molecular weight is 200 g/mol. The van der Waals surface area contributed by atoms with Gasteiger partial charge in [-0.1, -0.05) is 13.2 Å². The molecule has 0 aromatic rings. The molecule has 0 amide bonds. The molecule has 4 heteroatoms. The molecule has 1 atom stereocenters. The number of hydrogen-bond donors (Lipinski definition) is 0. The Kier molecular flexibility index (Phi) is 4.65. The van der Waals surface area contributed by atoms with E-state index < -0.39 is 0 Å². The van der Waals surface area contributed by atoms with Crippen molar-refractivity contribution in [3.63, 3.8) is 0 Å². The maximum atomic E-state index is 5.27. The normalized spacial score (nSPS) is 19.1. The predicted octanol–water partition coefficient (Wildman–Crippen LogP) is 1.09. The summed E-state index contributed by atoms with van der Waals surface area (Å²) in [6.45, 7) is 9.46. The third kappa shape index (κ3) is 5.01. The maximum absolute atomic E-state index is 5.27. The third-order valence-electron chi connectivity index (χ3n) is 1.56. The lowest BCUT2D eigenvalue weighted by atomic mass is 10.5. The molecule has 80 valence electrons. The van der Waals surface area contributed by atoms with Crippen LogP contribution in [0.3, 0.4) is 0 Å². The highest BCUT2D eigenvalue weighted by Crippen LogP contribution is 2.10. The SMILES string of the molecule is C=C(COC)OC(=C)COCC1CO1. The molecule has 0 aromatic carbocycles. The van der Waals surface area contributed by atoms with Crippen molar-refractivity contribution in [2.75, 3.05) is 33.5 Å². The van der Waals surface area contributed by atoms with Crippen LogP contribution in [0.1, 0.15) is 0 Å². The molecule has 0 aromatic heterocycles. The predicted molar refractivity (Wildman–Crippen MR) is 51.8 cm³/mol. The zero-order valence-electron chi connectivity index (χ0n) is 8.45. The molecule has 4 nitrogen and oxygen atoms in total. The summed E-state index contributed by atoms with van der Waals surface area (Å²) in [5, 5.41) is 0. The second-order valence-corrected chi connectivity index (χ2v) is 3.08. The molecule has 0 N–H and O–H groups in total. The molecule has 1 saturated heterocycles. The smallest absolute Gasteiger partial charge is 0.122 e. The fraction of sp³-hybridized carbons (Fsp3) is 0.600. The number of hydrogen-bond acceptors (Lipinski definition) is 4. The van der Waals surface area contributed by atoms with Gasteiger partial charge >= 0.3 is 0 Å². The minimum atomic E-state index is 0.268. The molecule has 1 heterocycles. The summed E-state index contributed by atoms with van der Waals surface area (Å²) in [7, 11) is 1.58. The molecule has 14 heavy (non-hydrogen) atoms. The zero-order chi connectivity index (χ0) is 10.4. The average Bonchev–Trinajstić information content (AvgIpc) is 2.88. The fourth-order valence-electron chi connectivity index (χ4n) is 0.893. The van der Waals surface area contributed by atoms with Crippen LogP contribution >= 0.6 is 0 Å². The van der Waals surface area contributed by atoms with Crippen LogP contribution in [0.25, 0.3) is 0 Å². The van der Waals surface area contributed by atoms with Gasteiger partial charge in [0.05, 0.1) is 13.2 Å². The third-order valence-corrected chi connectivity index (χ3v) is 1.56. The van der Waals surface area contributed by atoms with Crippen LogP contribution in [-0.2, 0) is 18.9 Å². The van der Waals surface area contributed by atoms with Crippen molar-refractivity contribution in [2.24, 2.45) is 0 Å². The first-order valence-corrected chi connectivity index (χ1v) is 4.44. The van der Waals surface area contributed by atoms with Gasteiger partial charge in [0.2, 0.25) is 0 Å². The fourth-order valence-corrected chi connectivity index (χ4v) is 0.893. The summed E-state index contributed by atoms with van der Waals surface area (Å²) < 4.78 is 20.3. The Morgan fingerprint density at radius 1 is 1.36 bits per heavy atom. The lowest BCUT2D eigenvalue weighted by Gasteiger charge is -2.10. The number of ether oxygens (including phenoxy) is 4. The minimum Gasteiger partial charge on any atom is -0.462 e. The van der Waals surface area contributed by atoms with Gasteiger partial charge in [-0.2, -0.15) is 0 Å². The summed E-state index contributed by atoms with van der Waals surface area (Å²) in [5.41, 5.74) is 0. The first-order valence-electron chi connectivity index (χ1n) is 4.44. The van der Waals surface area contributed by atoms with Crippen LogP contribution < -0.4 is 0 Å². The van der Waals surface area contributed by atoms with Crippen molar-refractivity contribution >= 4 is 0 Å².